The molecule has 1 aromatic rings. The van der Waals surface area contributed by atoms with Gasteiger partial charge in [-0.1, -0.05) is 0 Å². The first kappa shape index (κ1) is 12.8. The first-order valence-corrected chi connectivity index (χ1v) is 6.36. The molecular weight excluding hydrogens is 337 g/mol. The summed E-state index contributed by atoms with van der Waals surface area (Å²) in [6, 6.07) is 2.16. The first-order valence-electron chi connectivity index (χ1n) is 5.28. The molecule has 1 saturated heterocycles. The Bertz CT molecular complexity index is 391. The summed E-state index contributed by atoms with van der Waals surface area (Å²) in [5, 5.41) is 9.32. The average molecular weight is 351 g/mol. The maximum Gasteiger partial charge on any atom is 0.319 e. The Morgan fingerprint density at radius 3 is 3.18 bits per heavy atom. The van der Waals surface area contributed by atoms with E-state index in [1.165, 1.54) is 7.11 Å². The third-order valence-electron chi connectivity index (χ3n) is 2.58. The van der Waals surface area contributed by atoms with E-state index in [0.717, 1.165) is 9.52 Å². The Morgan fingerprint density at radius 1 is 1.65 bits per heavy atom. The molecule has 1 atom stereocenters. The van der Waals surface area contributed by atoms with Gasteiger partial charge in [-0.05, 0) is 22.6 Å². The Labute approximate surface area is 113 Å². The molecule has 6 nitrogen and oxygen atoms in total. The molecule has 94 valence electrons. The summed E-state index contributed by atoms with van der Waals surface area (Å²) in [6.07, 6.45) is 0. The first-order chi connectivity index (χ1) is 8.24. The molecule has 0 aliphatic carbocycles. The quantitative estimate of drug-likeness (QED) is 0.624. The van der Waals surface area contributed by atoms with Crippen molar-refractivity contribution in [3.8, 4) is 6.01 Å². The molecule has 17 heavy (non-hydrogen) atoms. The van der Waals surface area contributed by atoms with Crippen molar-refractivity contribution in [2.24, 2.45) is 0 Å². The monoisotopic (exact) mass is 351 g/mol. The van der Waals surface area contributed by atoms with Crippen LogP contribution in [-0.4, -0.2) is 54.6 Å². The molecular formula is C10H14IN3O3. The molecule has 0 spiro atoms. The summed E-state index contributed by atoms with van der Waals surface area (Å²) in [5.41, 5.74) is 0. The molecule has 0 unspecified atom stereocenters. The predicted octanol–water partition coefficient (Wildman–Crippen LogP) is 0.287. The number of aromatic nitrogens is 2. The molecule has 1 aromatic heterocycles. The second-order valence-electron chi connectivity index (χ2n) is 3.64. The second kappa shape index (κ2) is 5.78. The Hall–Kier alpha value is -0.670. The van der Waals surface area contributed by atoms with Crippen LogP contribution in [0.2, 0.25) is 0 Å². The Kier molecular flexibility index (Phi) is 4.35. The molecule has 2 heterocycles. The van der Waals surface area contributed by atoms with Crippen molar-refractivity contribution in [1.29, 1.82) is 0 Å². The van der Waals surface area contributed by atoms with Gasteiger partial charge in [0.05, 0.1) is 33.0 Å². The maximum atomic E-state index is 9.32. The molecule has 1 aliphatic rings. The van der Waals surface area contributed by atoms with Crippen LogP contribution >= 0.6 is 22.6 Å². The van der Waals surface area contributed by atoms with Crippen molar-refractivity contribution in [1.82, 2.24) is 9.97 Å². The highest BCUT2D eigenvalue weighted by molar-refractivity contribution is 14.1. The topological polar surface area (TPSA) is 67.7 Å². The van der Waals surface area contributed by atoms with Crippen LogP contribution in [0.5, 0.6) is 6.01 Å². The van der Waals surface area contributed by atoms with E-state index in [0.29, 0.717) is 25.8 Å². The number of aliphatic hydroxyl groups is 1. The molecule has 0 amide bonds. The summed E-state index contributed by atoms with van der Waals surface area (Å²) < 4.78 is 11.2. The minimum absolute atomic E-state index is 0.0445. The largest absolute Gasteiger partial charge is 0.467 e. The number of ether oxygens (including phenoxy) is 2. The number of rotatable bonds is 3. The SMILES string of the molecule is COc1nc(I)cc(N2CCOC[C@H]2CO)n1. The number of morpholine rings is 1. The molecule has 7 heteroatoms. The summed E-state index contributed by atoms with van der Waals surface area (Å²) in [6.45, 7) is 1.91. The zero-order chi connectivity index (χ0) is 12.3. The fourth-order valence-corrected chi connectivity index (χ4v) is 2.22. The number of anilines is 1. The van der Waals surface area contributed by atoms with Crippen LogP contribution in [0.15, 0.2) is 6.07 Å². The molecule has 0 aromatic carbocycles. The van der Waals surface area contributed by atoms with E-state index >= 15 is 0 Å². The van der Waals surface area contributed by atoms with E-state index in [-0.39, 0.29) is 12.6 Å². The minimum Gasteiger partial charge on any atom is -0.467 e. The van der Waals surface area contributed by atoms with E-state index < -0.39 is 0 Å². The van der Waals surface area contributed by atoms with E-state index in [9.17, 15) is 5.11 Å². The highest BCUT2D eigenvalue weighted by Crippen LogP contribution is 2.21. The Balaban J connectivity index is 2.27. The van der Waals surface area contributed by atoms with Crippen LogP contribution in [0, 0.1) is 3.70 Å². The lowest BCUT2D eigenvalue weighted by Crippen LogP contribution is -2.48. The van der Waals surface area contributed by atoms with Crippen LogP contribution in [0.25, 0.3) is 0 Å². The van der Waals surface area contributed by atoms with Gasteiger partial charge in [0.25, 0.3) is 0 Å². The average Bonchev–Trinajstić information content (AvgIpc) is 2.37. The van der Waals surface area contributed by atoms with Crippen molar-refractivity contribution in [3.05, 3.63) is 9.77 Å². The van der Waals surface area contributed by atoms with Crippen molar-refractivity contribution in [3.63, 3.8) is 0 Å². The molecule has 2 rings (SSSR count). The molecule has 0 bridgehead atoms. The zero-order valence-corrected chi connectivity index (χ0v) is 11.6. The molecule has 1 N–H and O–H groups in total. The Morgan fingerprint density at radius 2 is 2.47 bits per heavy atom. The highest BCUT2D eigenvalue weighted by Gasteiger charge is 2.24. The number of nitrogens with zero attached hydrogens (tertiary/aromatic N) is 3. The van der Waals surface area contributed by atoms with Crippen LogP contribution in [0.1, 0.15) is 0 Å². The summed E-state index contributed by atoms with van der Waals surface area (Å²) in [7, 11) is 1.54. The van der Waals surface area contributed by atoms with Crippen molar-refractivity contribution < 1.29 is 14.6 Å². The van der Waals surface area contributed by atoms with Crippen molar-refractivity contribution >= 4 is 28.4 Å². The lowest BCUT2D eigenvalue weighted by atomic mass is 10.2. The normalized spacial score (nSPS) is 20.4. The van der Waals surface area contributed by atoms with Crippen LogP contribution in [0.4, 0.5) is 5.82 Å². The fraction of sp³-hybridized carbons (Fsp3) is 0.600. The molecule has 0 radical (unpaired) electrons. The summed E-state index contributed by atoms with van der Waals surface area (Å²) >= 11 is 2.12. The predicted molar refractivity (Wildman–Crippen MR) is 70.3 cm³/mol. The number of aliphatic hydroxyl groups excluding tert-OH is 1. The van der Waals surface area contributed by atoms with Crippen molar-refractivity contribution in [2.75, 3.05) is 38.4 Å². The third-order valence-corrected chi connectivity index (χ3v) is 3.13. The maximum absolute atomic E-state index is 9.32. The fourth-order valence-electron chi connectivity index (χ4n) is 1.73. The molecule has 1 fully saturated rings. The third kappa shape index (κ3) is 2.96. The van der Waals surface area contributed by atoms with Gasteiger partial charge >= 0.3 is 6.01 Å². The van der Waals surface area contributed by atoms with Crippen LogP contribution in [0.3, 0.4) is 0 Å². The van der Waals surface area contributed by atoms with Gasteiger partial charge in [-0.25, -0.2) is 0 Å². The van der Waals surface area contributed by atoms with Crippen LogP contribution in [-0.2, 0) is 4.74 Å². The van der Waals surface area contributed by atoms with Gasteiger partial charge in [0.1, 0.15) is 9.52 Å². The summed E-state index contributed by atoms with van der Waals surface area (Å²) in [4.78, 5) is 10.4. The lowest BCUT2D eigenvalue weighted by Gasteiger charge is -2.35. The number of methoxy groups -OCH3 is 1. The number of halogens is 1. The second-order valence-corrected chi connectivity index (χ2v) is 4.75. The highest BCUT2D eigenvalue weighted by atomic mass is 127. The van der Waals surface area contributed by atoms with E-state index in [2.05, 4.69) is 32.6 Å². The van der Waals surface area contributed by atoms with Gasteiger partial charge in [-0.2, -0.15) is 9.97 Å². The summed E-state index contributed by atoms with van der Waals surface area (Å²) in [5.74, 6) is 0.767. The number of hydrogen-bond donors (Lipinski definition) is 1. The van der Waals surface area contributed by atoms with Crippen LogP contribution < -0.4 is 9.64 Å². The van der Waals surface area contributed by atoms with E-state index in [1.807, 2.05) is 11.0 Å². The van der Waals surface area contributed by atoms with Crippen molar-refractivity contribution in [2.45, 2.75) is 6.04 Å². The van der Waals surface area contributed by atoms with Gasteiger partial charge in [-0.3, -0.25) is 0 Å². The van der Waals surface area contributed by atoms with Gasteiger partial charge in [0.15, 0.2) is 0 Å². The lowest BCUT2D eigenvalue weighted by molar-refractivity contribution is 0.0722. The van der Waals surface area contributed by atoms with E-state index in [4.69, 9.17) is 9.47 Å². The van der Waals surface area contributed by atoms with Gasteiger partial charge in [0, 0.05) is 12.6 Å². The van der Waals surface area contributed by atoms with Gasteiger partial charge in [0.2, 0.25) is 0 Å². The molecule has 0 saturated carbocycles. The number of hydrogen-bond acceptors (Lipinski definition) is 6. The van der Waals surface area contributed by atoms with E-state index in [1.54, 1.807) is 0 Å². The van der Waals surface area contributed by atoms with Gasteiger partial charge < -0.3 is 19.5 Å². The van der Waals surface area contributed by atoms with Gasteiger partial charge in [-0.15, -0.1) is 0 Å². The standard InChI is InChI=1S/C10H14IN3O3/c1-16-10-12-8(11)4-9(13-10)14-2-3-17-6-7(14)5-15/h4,7,15H,2-3,5-6H2,1H3/t7-/m1/s1. The smallest absolute Gasteiger partial charge is 0.319 e. The molecule has 1 aliphatic heterocycles. The zero-order valence-electron chi connectivity index (χ0n) is 9.47. The minimum atomic E-state index is -0.0563.